The molecule has 0 spiro atoms. The molecule has 42 heavy (non-hydrogen) atoms. The van der Waals surface area contributed by atoms with E-state index in [0.29, 0.717) is 17.9 Å². The molecule has 226 valence electrons. The number of hydrogen-bond donors (Lipinski definition) is 1. The van der Waals surface area contributed by atoms with Crippen LogP contribution >= 0.6 is 23.2 Å². The van der Waals surface area contributed by atoms with Crippen molar-refractivity contribution in [2.24, 2.45) is 0 Å². The molecule has 0 saturated carbocycles. The van der Waals surface area contributed by atoms with Gasteiger partial charge in [-0.25, -0.2) is 8.42 Å². The lowest BCUT2D eigenvalue weighted by Crippen LogP contribution is -2.53. The highest BCUT2D eigenvalue weighted by atomic mass is 35.5. The van der Waals surface area contributed by atoms with Gasteiger partial charge in [0.1, 0.15) is 18.3 Å². The molecule has 0 fully saturated rings. The van der Waals surface area contributed by atoms with Crippen molar-refractivity contribution in [1.29, 1.82) is 0 Å². The van der Waals surface area contributed by atoms with Crippen molar-refractivity contribution in [3.8, 4) is 5.75 Å². The predicted octanol–water partition coefficient (Wildman–Crippen LogP) is 6.23. The van der Waals surface area contributed by atoms with Crippen LogP contribution in [0.4, 0.5) is 5.69 Å². The predicted molar refractivity (Wildman–Crippen MR) is 168 cm³/mol. The zero-order valence-electron chi connectivity index (χ0n) is 24.4. The average Bonchev–Trinajstić information content (AvgIpc) is 2.96. The Morgan fingerprint density at radius 2 is 1.55 bits per heavy atom. The molecule has 8 nitrogen and oxygen atoms in total. The Balaban J connectivity index is 2.12. The monoisotopic (exact) mass is 633 g/mol. The zero-order chi connectivity index (χ0) is 31.0. The Bertz CT molecular complexity index is 1480. The van der Waals surface area contributed by atoms with Crippen molar-refractivity contribution < 1.29 is 22.7 Å². The Hall–Kier alpha value is -3.27. The van der Waals surface area contributed by atoms with Crippen LogP contribution < -0.4 is 14.4 Å². The van der Waals surface area contributed by atoms with Crippen molar-refractivity contribution in [2.75, 3.05) is 18.0 Å². The lowest BCUT2D eigenvalue weighted by atomic mass is 10.1. The first-order valence-corrected chi connectivity index (χ1v) is 15.9. The lowest BCUT2D eigenvalue weighted by molar-refractivity contribution is -0.140. The van der Waals surface area contributed by atoms with Gasteiger partial charge in [-0.1, -0.05) is 66.9 Å². The molecular formula is C31H37Cl2N3O5S. The summed E-state index contributed by atoms with van der Waals surface area (Å²) in [6, 6.07) is 16.9. The highest BCUT2D eigenvalue weighted by Gasteiger charge is 2.35. The van der Waals surface area contributed by atoms with E-state index in [2.05, 4.69) is 5.32 Å². The topological polar surface area (TPSA) is 96.0 Å². The van der Waals surface area contributed by atoms with Crippen molar-refractivity contribution in [3.05, 3.63) is 87.9 Å². The van der Waals surface area contributed by atoms with E-state index in [0.717, 1.165) is 15.4 Å². The molecular weight excluding hydrogens is 597 g/mol. The van der Waals surface area contributed by atoms with Gasteiger partial charge in [-0.2, -0.15) is 0 Å². The third-order valence-corrected chi connectivity index (χ3v) is 9.21. The maximum absolute atomic E-state index is 14.2. The summed E-state index contributed by atoms with van der Waals surface area (Å²) < 4.78 is 34.7. The molecule has 0 saturated heterocycles. The maximum Gasteiger partial charge on any atom is 0.264 e. The fourth-order valence-electron chi connectivity index (χ4n) is 4.36. The van der Waals surface area contributed by atoms with E-state index in [9.17, 15) is 18.0 Å². The van der Waals surface area contributed by atoms with E-state index in [-0.39, 0.29) is 39.8 Å². The number of benzene rings is 3. The van der Waals surface area contributed by atoms with E-state index >= 15 is 0 Å². The zero-order valence-corrected chi connectivity index (χ0v) is 26.8. The van der Waals surface area contributed by atoms with Gasteiger partial charge in [0.25, 0.3) is 10.0 Å². The Morgan fingerprint density at radius 1 is 0.929 bits per heavy atom. The first-order valence-electron chi connectivity index (χ1n) is 13.7. The van der Waals surface area contributed by atoms with Gasteiger partial charge in [-0.15, -0.1) is 0 Å². The molecule has 0 aliphatic rings. The molecule has 0 bridgehead atoms. The minimum Gasteiger partial charge on any atom is -0.495 e. The van der Waals surface area contributed by atoms with Crippen LogP contribution in [0.1, 0.15) is 44.7 Å². The highest BCUT2D eigenvalue weighted by molar-refractivity contribution is 7.92. The Kier molecular flexibility index (Phi) is 11.7. The number of amides is 2. The number of methoxy groups -OCH3 is 1. The molecule has 3 aromatic rings. The maximum atomic E-state index is 14.2. The molecule has 2 atom stereocenters. The van der Waals surface area contributed by atoms with E-state index in [1.165, 1.54) is 30.2 Å². The summed E-state index contributed by atoms with van der Waals surface area (Å²) in [5, 5.41) is 3.75. The second-order valence-corrected chi connectivity index (χ2v) is 12.8. The smallest absolute Gasteiger partial charge is 0.264 e. The molecule has 3 rings (SSSR count). The Morgan fingerprint density at radius 3 is 2.12 bits per heavy atom. The van der Waals surface area contributed by atoms with Crippen LogP contribution in [0.2, 0.25) is 10.0 Å². The largest absolute Gasteiger partial charge is 0.495 e. The molecule has 0 unspecified atom stereocenters. The normalized spacial score (nSPS) is 12.7. The van der Waals surface area contributed by atoms with E-state index < -0.39 is 28.5 Å². The molecule has 0 aromatic heterocycles. The first-order chi connectivity index (χ1) is 19.9. The summed E-state index contributed by atoms with van der Waals surface area (Å²) in [5.74, 6) is -0.676. The van der Waals surface area contributed by atoms with Gasteiger partial charge >= 0.3 is 0 Å². The van der Waals surface area contributed by atoms with Gasteiger partial charge in [-0.3, -0.25) is 13.9 Å². The lowest BCUT2D eigenvalue weighted by Gasteiger charge is -2.34. The van der Waals surface area contributed by atoms with Crippen LogP contribution in [0.25, 0.3) is 0 Å². The molecule has 3 aromatic carbocycles. The van der Waals surface area contributed by atoms with Crippen LogP contribution in [0.15, 0.2) is 71.6 Å². The van der Waals surface area contributed by atoms with Crippen molar-refractivity contribution in [2.45, 2.75) is 64.1 Å². The molecule has 11 heteroatoms. The van der Waals surface area contributed by atoms with Gasteiger partial charge in [0.05, 0.1) is 17.7 Å². The van der Waals surface area contributed by atoms with Crippen molar-refractivity contribution in [1.82, 2.24) is 10.2 Å². The van der Waals surface area contributed by atoms with Crippen molar-refractivity contribution in [3.63, 3.8) is 0 Å². The van der Waals surface area contributed by atoms with Crippen molar-refractivity contribution >= 4 is 50.7 Å². The number of sulfonamides is 1. The van der Waals surface area contributed by atoms with Gasteiger partial charge < -0.3 is 15.0 Å². The Labute approximate surface area is 258 Å². The number of nitrogens with one attached hydrogen (secondary N) is 1. The molecule has 0 heterocycles. The van der Waals surface area contributed by atoms with Crippen LogP contribution in [-0.4, -0.2) is 50.9 Å². The van der Waals surface area contributed by atoms with Crippen LogP contribution in [0.3, 0.4) is 0 Å². The number of hydrogen-bond acceptors (Lipinski definition) is 5. The molecule has 0 aliphatic carbocycles. The number of carbonyl (C=O) groups is 2. The standard InChI is InChI=1S/C31H37Cl2N3O5S/c1-6-22(4)34-31(38)27(7-2)35(19-23-10-12-24(32)13-11-23)30(37)20-36(28-18-25(33)14-17-29(28)41-5)42(39,40)26-15-8-21(3)9-16-26/h8-18,22,27H,6-7,19-20H2,1-5H3,(H,34,38)/t22-,27-/m1/s1. The van der Waals surface area contributed by atoms with Crippen LogP contribution in [0, 0.1) is 6.92 Å². The second-order valence-electron chi connectivity index (χ2n) is 10.0. The second kappa shape index (κ2) is 14.8. The quantitative estimate of drug-likeness (QED) is 0.241. The minimum absolute atomic E-state index is 0.00580. The number of nitrogens with zero attached hydrogens (tertiary/aromatic N) is 2. The van der Waals surface area contributed by atoms with E-state index in [1.807, 2.05) is 27.7 Å². The van der Waals surface area contributed by atoms with Gasteiger partial charge in [0, 0.05) is 22.6 Å². The summed E-state index contributed by atoms with van der Waals surface area (Å²) in [4.78, 5) is 29.0. The third-order valence-electron chi connectivity index (χ3n) is 6.95. The van der Waals surface area contributed by atoms with Gasteiger partial charge in [0.2, 0.25) is 11.8 Å². The number of anilines is 1. The van der Waals surface area contributed by atoms with Crippen LogP contribution in [-0.2, 0) is 26.2 Å². The minimum atomic E-state index is -4.27. The number of ether oxygens (including phenoxy) is 1. The van der Waals surface area contributed by atoms with Gasteiger partial charge in [0.15, 0.2) is 0 Å². The fourth-order valence-corrected chi connectivity index (χ4v) is 6.06. The summed E-state index contributed by atoms with van der Waals surface area (Å²) in [6.45, 7) is 6.96. The number of halogens is 2. The van der Waals surface area contributed by atoms with E-state index in [1.54, 1.807) is 48.5 Å². The summed E-state index contributed by atoms with van der Waals surface area (Å²) >= 11 is 12.4. The number of carbonyl (C=O) groups excluding carboxylic acids is 2. The summed E-state index contributed by atoms with van der Waals surface area (Å²) in [5.41, 5.74) is 1.71. The number of aryl methyl sites for hydroxylation is 1. The summed E-state index contributed by atoms with van der Waals surface area (Å²) in [7, 11) is -2.87. The molecule has 0 aliphatic heterocycles. The van der Waals surface area contributed by atoms with Gasteiger partial charge in [-0.05, 0) is 74.7 Å². The number of rotatable bonds is 13. The molecule has 2 amide bonds. The van der Waals surface area contributed by atoms with E-state index in [4.69, 9.17) is 27.9 Å². The highest BCUT2D eigenvalue weighted by Crippen LogP contribution is 2.35. The molecule has 0 radical (unpaired) electrons. The average molecular weight is 635 g/mol. The fraction of sp³-hybridized carbons (Fsp3) is 0.355. The third kappa shape index (κ3) is 8.18. The summed E-state index contributed by atoms with van der Waals surface area (Å²) in [6.07, 6.45) is 1.03. The molecule has 1 N–H and O–H groups in total. The first kappa shape index (κ1) is 33.2. The SMILES string of the molecule is CC[C@@H](C)NC(=O)[C@@H](CC)N(Cc1ccc(Cl)cc1)C(=O)CN(c1cc(Cl)ccc1OC)S(=O)(=O)c1ccc(C)cc1. The van der Waals surface area contributed by atoms with Crippen LogP contribution in [0.5, 0.6) is 5.75 Å².